The molecular weight excluding hydrogens is 307 g/mol. The van der Waals surface area contributed by atoms with E-state index in [1.54, 1.807) is 24.3 Å². The van der Waals surface area contributed by atoms with Crippen LogP contribution in [0.3, 0.4) is 0 Å². The molecule has 0 amide bonds. The highest BCUT2D eigenvalue weighted by Gasteiger charge is 2.38. The van der Waals surface area contributed by atoms with Crippen molar-refractivity contribution in [2.45, 2.75) is 0 Å². The molecule has 0 atom stereocenters. The van der Waals surface area contributed by atoms with E-state index in [9.17, 15) is 20.1 Å². The topological polar surface area (TPSA) is 77.8 Å². The zero-order valence-electron chi connectivity index (χ0n) is 9.21. The minimum absolute atomic E-state index is 0.0259. The predicted molar refractivity (Wildman–Crippen MR) is 71.5 cm³/mol. The van der Waals surface area contributed by atoms with Gasteiger partial charge in [0.25, 0.3) is 0 Å². The highest BCUT2D eigenvalue weighted by atomic mass is 79.9. The van der Waals surface area contributed by atoms with Gasteiger partial charge in [-0.15, -0.1) is 0 Å². The van der Waals surface area contributed by atoms with Gasteiger partial charge in [-0.3, -0.25) is 4.79 Å². The minimum Gasteiger partial charge on any atom is -0.362 e. The van der Waals surface area contributed by atoms with E-state index in [0.717, 1.165) is 4.47 Å². The number of aliphatic hydroxyl groups is 3. The Morgan fingerprint density at radius 2 is 1.53 bits per heavy atom. The maximum Gasteiger partial charge on any atom is 0.200 e. The van der Waals surface area contributed by atoms with Crippen LogP contribution < -0.4 is 0 Å². The second kappa shape index (κ2) is 6.57. The van der Waals surface area contributed by atoms with Gasteiger partial charge in [0.2, 0.25) is 0 Å². The Morgan fingerprint density at radius 1 is 1.06 bits per heavy atom. The number of hydrogen-bond donors (Lipinski definition) is 3. The van der Waals surface area contributed by atoms with Crippen molar-refractivity contribution in [3.8, 4) is 0 Å². The molecule has 0 aliphatic heterocycles. The van der Waals surface area contributed by atoms with E-state index < -0.39 is 7.26 Å². The summed E-state index contributed by atoms with van der Waals surface area (Å²) in [6.45, 7) is 0. The highest BCUT2D eigenvalue weighted by molar-refractivity contribution is 9.10. The Bertz CT molecular complexity index is 367. The van der Waals surface area contributed by atoms with Gasteiger partial charge in [-0.25, -0.2) is 0 Å². The number of carbonyl (C=O) groups excluding carboxylic acids is 1. The molecule has 0 spiro atoms. The van der Waals surface area contributed by atoms with E-state index in [1.807, 2.05) is 0 Å². The molecule has 0 saturated heterocycles. The van der Waals surface area contributed by atoms with Crippen molar-refractivity contribution in [3.05, 3.63) is 34.3 Å². The monoisotopic (exact) mass is 321 g/mol. The molecule has 0 fully saturated rings. The number of ketones is 1. The first kappa shape index (κ1) is 14.7. The Hall–Kier alpha value is -0.320. The average molecular weight is 322 g/mol. The molecule has 17 heavy (non-hydrogen) atoms. The summed E-state index contributed by atoms with van der Waals surface area (Å²) in [5, 5.41) is 27.6. The summed E-state index contributed by atoms with van der Waals surface area (Å²) in [4.78, 5) is 11.9. The SMILES string of the molecule is O=C(C[P+](CO)(CO)CO)c1ccc(Br)cc1. The van der Waals surface area contributed by atoms with Crippen LogP contribution in [0, 0.1) is 0 Å². The highest BCUT2D eigenvalue weighted by Crippen LogP contribution is 2.56. The van der Waals surface area contributed by atoms with Crippen molar-refractivity contribution in [2.75, 3.05) is 25.2 Å². The maximum absolute atomic E-state index is 11.9. The first-order valence-electron chi connectivity index (χ1n) is 5.03. The number of benzene rings is 1. The maximum atomic E-state index is 11.9. The second-order valence-electron chi connectivity index (χ2n) is 3.85. The zero-order valence-corrected chi connectivity index (χ0v) is 11.7. The summed E-state index contributed by atoms with van der Waals surface area (Å²) >= 11 is 3.27. The summed E-state index contributed by atoms with van der Waals surface area (Å²) in [5.41, 5.74) is 0.521. The van der Waals surface area contributed by atoms with E-state index in [2.05, 4.69) is 15.9 Å². The molecule has 0 heterocycles. The van der Waals surface area contributed by atoms with E-state index in [0.29, 0.717) is 5.56 Å². The molecule has 0 bridgehead atoms. The molecule has 0 unspecified atom stereocenters. The molecule has 1 aromatic carbocycles. The van der Waals surface area contributed by atoms with Crippen LogP contribution in [0.1, 0.15) is 10.4 Å². The standard InChI is InChI=1S/C11H15BrO4P/c12-10-3-1-9(2-4-10)11(16)5-17(6-13,7-14)8-15/h1-4,13-15H,5-8H2/q+1. The summed E-state index contributed by atoms with van der Waals surface area (Å²) in [6.07, 6.45) is -0.926. The van der Waals surface area contributed by atoms with Crippen molar-refractivity contribution in [3.63, 3.8) is 0 Å². The van der Waals surface area contributed by atoms with Crippen molar-refractivity contribution >= 4 is 29.0 Å². The van der Waals surface area contributed by atoms with Gasteiger partial charge < -0.3 is 15.3 Å². The largest absolute Gasteiger partial charge is 0.362 e. The van der Waals surface area contributed by atoms with Gasteiger partial charge in [-0.2, -0.15) is 0 Å². The Balaban J connectivity index is 2.81. The van der Waals surface area contributed by atoms with E-state index in [-0.39, 0.29) is 31.0 Å². The zero-order chi connectivity index (χ0) is 12.9. The van der Waals surface area contributed by atoms with Crippen LogP contribution in [-0.4, -0.2) is 46.3 Å². The van der Waals surface area contributed by atoms with Gasteiger partial charge in [0, 0.05) is 10.0 Å². The van der Waals surface area contributed by atoms with Crippen molar-refractivity contribution < 1.29 is 20.1 Å². The molecule has 0 radical (unpaired) electrons. The minimum atomic E-state index is -2.37. The molecule has 4 nitrogen and oxygen atoms in total. The van der Waals surface area contributed by atoms with E-state index >= 15 is 0 Å². The van der Waals surface area contributed by atoms with Crippen LogP contribution in [0.4, 0.5) is 0 Å². The van der Waals surface area contributed by atoms with Crippen LogP contribution in [0.5, 0.6) is 0 Å². The number of aliphatic hydroxyl groups excluding tert-OH is 3. The van der Waals surface area contributed by atoms with Gasteiger partial charge in [-0.1, -0.05) is 28.1 Å². The first-order valence-corrected chi connectivity index (χ1v) is 8.35. The molecule has 0 saturated carbocycles. The van der Waals surface area contributed by atoms with Gasteiger partial charge in [0.15, 0.2) is 24.8 Å². The van der Waals surface area contributed by atoms with Crippen LogP contribution >= 0.6 is 23.2 Å². The quantitative estimate of drug-likeness (QED) is 0.548. The molecule has 1 rings (SSSR count). The number of hydrogen-bond acceptors (Lipinski definition) is 4. The third-order valence-electron chi connectivity index (χ3n) is 2.55. The smallest absolute Gasteiger partial charge is 0.200 e. The predicted octanol–water partition coefficient (Wildman–Crippen LogP) is 1.50. The first-order chi connectivity index (χ1) is 8.06. The van der Waals surface area contributed by atoms with Crippen molar-refractivity contribution in [1.82, 2.24) is 0 Å². The van der Waals surface area contributed by atoms with Crippen LogP contribution in [0.2, 0.25) is 0 Å². The molecule has 3 N–H and O–H groups in total. The lowest BCUT2D eigenvalue weighted by Gasteiger charge is -2.19. The van der Waals surface area contributed by atoms with Gasteiger partial charge in [0.1, 0.15) is 13.4 Å². The molecule has 0 aromatic heterocycles. The number of rotatable bonds is 6. The lowest BCUT2D eigenvalue weighted by molar-refractivity contribution is 0.101. The Morgan fingerprint density at radius 3 is 1.94 bits per heavy atom. The van der Waals surface area contributed by atoms with Crippen molar-refractivity contribution in [2.24, 2.45) is 0 Å². The fraction of sp³-hybridized carbons (Fsp3) is 0.364. The number of Topliss-reactive ketones (excluding diaryl/α,β-unsaturated/α-hetero) is 1. The van der Waals surface area contributed by atoms with Crippen LogP contribution in [0.25, 0.3) is 0 Å². The second-order valence-corrected chi connectivity index (χ2v) is 8.62. The van der Waals surface area contributed by atoms with Gasteiger partial charge in [-0.05, 0) is 12.1 Å². The molecule has 0 aliphatic carbocycles. The molecule has 0 aliphatic rings. The summed E-state index contributed by atoms with van der Waals surface area (Å²) in [7, 11) is -2.37. The van der Waals surface area contributed by atoms with Crippen LogP contribution in [0.15, 0.2) is 28.7 Å². The summed E-state index contributed by atoms with van der Waals surface area (Å²) in [5.74, 6) is -0.164. The molecular formula is C11H15BrO4P+. The summed E-state index contributed by atoms with van der Waals surface area (Å²) < 4.78 is 0.876. The normalized spacial score (nSPS) is 11.5. The molecule has 94 valence electrons. The lowest BCUT2D eigenvalue weighted by atomic mass is 10.2. The number of halogens is 1. The lowest BCUT2D eigenvalue weighted by Crippen LogP contribution is -2.18. The third-order valence-corrected chi connectivity index (χ3v) is 5.83. The molecule has 1 aromatic rings. The Labute approximate surface area is 109 Å². The Kier molecular flexibility index (Phi) is 5.70. The van der Waals surface area contributed by atoms with Crippen LogP contribution in [-0.2, 0) is 0 Å². The van der Waals surface area contributed by atoms with Gasteiger partial charge in [0.05, 0.1) is 0 Å². The van der Waals surface area contributed by atoms with E-state index in [1.165, 1.54) is 0 Å². The van der Waals surface area contributed by atoms with Gasteiger partial charge >= 0.3 is 0 Å². The fourth-order valence-corrected chi connectivity index (χ4v) is 2.94. The third kappa shape index (κ3) is 3.83. The fourth-order valence-electron chi connectivity index (χ4n) is 1.32. The average Bonchev–Trinajstić information content (AvgIpc) is 2.37. The van der Waals surface area contributed by atoms with Crippen molar-refractivity contribution in [1.29, 1.82) is 0 Å². The van der Waals surface area contributed by atoms with E-state index in [4.69, 9.17) is 0 Å². The number of carbonyl (C=O) groups is 1. The molecule has 6 heteroatoms. The summed E-state index contributed by atoms with van der Waals surface area (Å²) in [6, 6.07) is 6.86.